The number of nitrogens with one attached hydrogen (secondary N) is 1. The van der Waals surface area contributed by atoms with Crippen LogP contribution in [0.1, 0.15) is 46.1 Å². The van der Waals surface area contributed by atoms with E-state index < -0.39 is 4.75 Å². The normalized spacial score (nSPS) is 11.8. The van der Waals surface area contributed by atoms with E-state index >= 15 is 0 Å². The van der Waals surface area contributed by atoms with Crippen molar-refractivity contribution in [1.29, 1.82) is 0 Å². The lowest BCUT2D eigenvalue weighted by molar-refractivity contribution is -0.117. The second-order valence-electron chi connectivity index (χ2n) is 7.41. The molecule has 0 fully saturated rings. The molecule has 0 aliphatic heterocycles. The molecule has 0 bridgehead atoms. The van der Waals surface area contributed by atoms with Crippen LogP contribution in [0.15, 0.2) is 52.4 Å². The van der Waals surface area contributed by atoms with Crippen LogP contribution in [0.5, 0.6) is 0 Å². The molecule has 28 heavy (non-hydrogen) atoms. The molecule has 3 aromatic rings. The number of benzene rings is 1. The molecule has 0 spiro atoms. The van der Waals surface area contributed by atoms with Crippen molar-refractivity contribution in [3.8, 4) is 11.4 Å². The van der Waals surface area contributed by atoms with Crippen molar-refractivity contribution in [2.24, 2.45) is 0 Å². The highest BCUT2D eigenvalue weighted by Gasteiger charge is 2.32. The number of aromatic nitrogens is 3. The Morgan fingerprint density at radius 1 is 1.21 bits per heavy atom. The van der Waals surface area contributed by atoms with Gasteiger partial charge in [0.05, 0.1) is 16.6 Å². The number of rotatable bonds is 7. The molecular formula is C21H26N4O2S. The van der Waals surface area contributed by atoms with E-state index in [0.717, 1.165) is 17.1 Å². The minimum Gasteiger partial charge on any atom is -0.472 e. The third-order valence-electron chi connectivity index (χ3n) is 4.54. The van der Waals surface area contributed by atoms with Gasteiger partial charge in [0.1, 0.15) is 6.26 Å². The predicted molar refractivity (Wildman–Crippen MR) is 112 cm³/mol. The van der Waals surface area contributed by atoms with Crippen LogP contribution >= 0.6 is 11.8 Å². The summed E-state index contributed by atoms with van der Waals surface area (Å²) in [4.78, 5) is 12.9. The number of carbonyl (C=O) groups is 1. The minimum atomic E-state index is -0.718. The lowest BCUT2D eigenvalue weighted by Gasteiger charge is -2.22. The Hall–Kier alpha value is -2.54. The smallest absolute Gasteiger partial charge is 0.240 e. The molecule has 1 N–H and O–H groups in total. The number of anilines is 1. The van der Waals surface area contributed by atoms with Gasteiger partial charge in [-0.2, -0.15) is 0 Å². The van der Waals surface area contributed by atoms with E-state index in [1.807, 2.05) is 55.7 Å². The fraction of sp³-hybridized carbons (Fsp3) is 0.381. The lowest BCUT2D eigenvalue weighted by Crippen LogP contribution is -2.34. The second kappa shape index (κ2) is 8.22. The minimum absolute atomic E-state index is 0.0784. The van der Waals surface area contributed by atoms with Crippen LogP contribution in [0.3, 0.4) is 0 Å². The zero-order valence-electron chi connectivity index (χ0n) is 16.9. The molecule has 0 aliphatic carbocycles. The number of hydrogen-bond donors (Lipinski definition) is 1. The molecule has 3 rings (SSSR count). The summed E-state index contributed by atoms with van der Waals surface area (Å²) in [6.07, 6.45) is 3.25. The monoisotopic (exact) mass is 398 g/mol. The first-order valence-electron chi connectivity index (χ1n) is 9.38. The van der Waals surface area contributed by atoms with Crippen LogP contribution in [-0.4, -0.2) is 25.4 Å². The quantitative estimate of drug-likeness (QED) is 0.554. The first-order chi connectivity index (χ1) is 13.3. The van der Waals surface area contributed by atoms with E-state index in [-0.39, 0.29) is 5.91 Å². The van der Waals surface area contributed by atoms with Gasteiger partial charge in [0.25, 0.3) is 0 Å². The Labute approximate surface area is 169 Å². The van der Waals surface area contributed by atoms with Gasteiger partial charge in [-0.3, -0.25) is 4.79 Å². The van der Waals surface area contributed by atoms with Crippen LogP contribution in [0.25, 0.3) is 11.4 Å². The molecule has 1 aromatic carbocycles. The van der Waals surface area contributed by atoms with Crippen LogP contribution < -0.4 is 5.32 Å². The summed E-state index contributed by atoms with van der Waals surface area (Å²) in [5.74, 6) is 1.12. The number of furan rings is 1. The largest absolute Gasteiger partial charge is 0.472 e. The van der Waals surface area contributed by atoms with Gasteiger partial charge in [-0.05, 0) is 50.5 Å². The number of nitrogens with zero attached hydrogens (tertiary/aromatic N) is 3. The van der Waals surface area contributed by atoms with E-state index in [1.54, 1.807) is 12.5 Å². The van der Waals surface area contributed by atoms with Gasteiger partial charge in [-0.1, -0.05) is 37.7 Å². The molecule has 0 saturated heterocycles. The number of carbonyl (C=O) groups excluding carboxylic acids is 1. The second-order valence-corrected chi connectivity index (χ2v) is 9.00. The summed E-state index contributed by atoms with van der Waals surface area (Å²) in [5, 5.41) is 12.3. The maximum Gasteiger partial charge on any atom is 0.240 e. The fourth-order valence-corrected chi connectivity index (χ4v) is 3.77. The van der Waals surface area contributed by atoms with Gasteiger partial charge in [-0.15, -0.1) is 10.2 Å². The third kappa shape index (κ3) is 4.30. The molecule has 0 radical (unpaired) electrons. The Balaban J connectivity index is 1.75. The summed E-state index contributed by atoms with van der Waals surface area (Å²) >= 11 is 1.40. The summed E-state index contributed by atoms with van der Waals surface area (Å²) in [5.41, 5.74) is 2.90. The average molecular weight is 399 g/mol. The van der Waals surface area contributed by atoms with E-state index in [0.29, 0.717) is 17.6 Å². The van der Waals surface area contributed by atoms with Crippen molar-refractivity contribution in [2.45, 2.75) is 57.0 Å². The molecule has 6 nitrogen and oxygen atoms in total. The summed E-state index contributed by atoms with van der Waals surface area (Å²) < 4.78 is 6.42. The Bertz CT molecular complexity index is 928. The summed E-state index contributed by atoms with van der Waals surface area (Å²) in [7, 11) is 0. The van der Waals surface area contributed by atoms with E-state index in [1.165, 1.54) is 17.3 Å². The van der Waals surface area contributed by atoms with Crippen LogP contribution in [0, 0.1) is 0 Å². The molecule has 0 saturated carbocycles. The van der Waals surface area contributed by atoms with Crippen LogP contribution in [-0.2, 0) is 11.3 Å². The maximum atomic E-state index is 12.9. The highest BCUT2D eigenvalue weighted by Crippen LogP contribution is 2.34. The van der Waals surface area contributed by atoms with Crippen LogP contribution in [0.4, 0.5) is 5.69 Å². The van der Waals surface area contributed by atoms with Crippen molar-refractivity contribution in [3.05, 3.63) is 48.4 Å². The maximum absolute atomic E-state index is 12.9. The van der Waals surface area contributed by atoms with Gasteiger partial charge in [0.2, 0.25) is 5.91 Å². The molecule has 0 atom stereocenters. The van der Waals surface area contributed by atoms with Crippen molar-refractivity contribution in [1.82, 2.24) is 14.8 Å². The van der Waals surface area contributed by atoms with Gasteiger partial charge in [0.15, 0.2) is 11.0 Å². The number of amides is 1. The van der Waals surface area contributed by atoms with Gasteiger partial charge >= 0.3 is 0 Å². The Kier molecular flexibility index (Phi) is 5.93. The van der Waals surface area contributed by atoms with E-state index in [4.69, 9.17) is 4.42 Å². The van der Waals surface area contributed by atoms with Crippen molar-refractivity contribution in [2.75, 3.05) is 5.32 Å². The molecule has 0 aliphatic rings. The summed E-state index contributed by atoms with van der Waals surface area (Å²) in [6.45, 7) is 10.8. The number of hydrogen-bond acceptors (Lipinski definition) is 5. The zero-order chi connectivity index (χ0) is 20.3. The highest BCUT2D eigenvalue weighted by molar-refractivity contribution is 8.01. The van der Waals surface area contributed by atoms with Crippen molar-refractivity contribution in [3.63, 3.8) is 0 Å². The summed E-state index contributed by atoms with van der Waals surface area (Å²) in [6, 6.07) is 9.83. The van der Waals surface area contributed by atoms with Crippen molar-refractivity contribution >= 4 is 23.4 Å². The van der Waals surface area contributed by atoms with E-state index in [9.17, 15) is 4.79 Å². The highest BCUT2D eigenvalue weighted by atomic mass is 32.2. The average Bonchev–Trinajstić information content (AvgIpc) is 3.31. The lowest BCUT2D eigenvalue weighted by atomic mass is 10.0. The van der Waals surface area contributed by atoms with Crippen molar-refractivity contribution < 1.29 is 9.21 Å². The standard InChI is InChI=1S/C21H26N4O2S/c1-6-25-18(16-11-12-27-13-16)23-24-20(25)28-21(4,5)19(26)22-17-9-7-15(8-10-17)14(2)3/h7-14H,6H2,1-5H3,(H,22,26). The molecule has 2 aromatic heterocycles. The molecule has 1 amide bonds. The molecule has 148 valence electrons. The van der Waals surface area contributed by atoms with Crippen LogP contribution in [0.2, 0.25) is 0 Å². The van der Waals surface area contributed by atoms with Gasteiger partial charge < -0.3 is 14.3 Å². The molecular weight excluding hydrogens is 372 g/mol. The van der Waals surface area contributed by atoms with Gasteiger partial charge in [0, 0.05) is 12.2 Å². The molecule has 0 unspecified atom stereocenters. The fourth-order valence-electron chi connectivity index (χ4n) is 2.76. The topological polar surface area (TPSA) is 73.0 Å². The third-order valence-corrected chi connectivity index (χ3v) is 5.72. The van der Waals surface area contributed by atoms with E-state index in [2.05, 4.69) is 29.4 Å². The Morgan fingerprint density at radius 2 is 1.93 bits per heavy atom. The molecule has 7 heteroatoms. The molecule has 2 heterocycles. The van der Waals surface area contributed by atoms with Gasteiger partial charge in [-0.25, -0.2) is 0 Å². The Morgan fingerprint density at radius 3 is 2.50 bits per heavy atom. The number of thioether (sulfide) groups is 1. The zero-order valence-corrected chi connectivity index (χ0v) is 17.7. The predicted octanol–water partition coefficient (Wildman–Crippen LogP) is 5.19. The first-order valence-corrected chi connectivity index (χ1v) is 10.2. The SMILES string of the molecule is CCn1c(SC(C)(C)C(=O)Nc2ccc(C(C)C)cc2)nnc1-c1ccoc1. The first kappa shape index (κ1) is 20.2.